The van der Waals surface area contributed by atoms with Gasteiger partial charge in [-0.2, -0.15) is 0 Å². The predicted molar refractivity (Wildman–Crippen MR) is 89.9 cm³/mol. The largest absolute Gasteiger partial charge is 0.375 e. The summed E-state index contributed by atoms with van der Waals surface area (Å²) in [5.74, 6) is -0.326. The van der Waals surface area contributed by atoms with E-state index in [2.05, 4.69) is 15.6 Å². The Bertz CT molecular complexity index is 727. The number of hydrogen-bond donors (Lipinski definition) is 2. The fraction of sp³-hybridized carbons (Fsp3) is 0.333. The van der Waals surface area contributed by atoms with Gasteiger partial charge in [0.2, 0.25) is 0 Å². The maximum atomic E-state index is 12.0. The third kappa shape index (κ3) is 4.26. The van der Waals surface area contributed by atoms with Crippen LogP contribution in [0, 0.1) is 17.0 Å². The van der Waals surface area contributed by atoms with Crippen LogP contribution in [0.2, 0.25) is 0 Å². The molecule has 2 rings (SSSR count). The second-order valence-electron chi connectivity index (χ2n) is 5.33. The van der Waals surface area contributed by atoms with Crippen LogP contribution in [0.25, 0.3) is 0 Å². The number of benzene rings is 1. The number of aryl methyl sites for hydroxylation is 1. The van der Waals surface area contributed by atoms with Gasteiger partial charge in [-0.3, -0.25) is 14.9 Å². The van der Waals surface area contributed by atoms with Crippen LogP contribution in [0.5, 0.6) is 0 Å². The highest BCUT2D eigenvalue weighted by Gasteiger charge is 2.18. The van der Waals surface area contributed by atoms with E-state index in [0.29, 0.717) is 12.2 Å². The zero-order chi connectivity index (χ0) is 17.0. The lowest BCUT2D eigenvalue weighted by Crippen LogP contribution is -2.30. The summed E-state index contributed by atoms with van der Waals surface area (Å²) in [7, 11) is 0. The van der Waals surface area contributed by atoms with E-state index in [0.717, 1.165) is 10.6 Å². The van der Waals surface area contributed by atoms with Gasteiger partial charge in [0.05, 0.1) is 22.7 Å². The molecule has 0 saturated carbocycles. The zero-order valence-corrected chi connectivity index (χ0v) is 13.9. The molecule has 0 radical (unpaired) electrons. The highest BCUT2D eigenvalue weighted by atomic mass is 32.1. The summed E-state index contributed by atoms with van der Waals surface area (Å²) in [6, 6.07) is 4.39. The first-order valence-electron chi connectivity index (χ1n) is 7.10. The van der Waals surface area contributed by atoms with E-state index < -0.39 is 4.92 Å². The smallest absolute Gasteiger partial charge is 0.293 e. The van der Waals surface area contributed by atoms with Crippen molar-refractivity contribution < 1.29 is 9.72 Å². The zero-order valence-electron chi connectivity index (χ0n) is 13.1. The van der Waals surface area contributed by atoms with Crippen molar-refractivity contribution in [3.8, 4) is 0 Å². The fourth-order valence-corrected chi connectivity index (χ4v) is 2.71. The van der Waals surface area contributed by atoms with Crippen LogP contribution >= 0.6 is 11.3 Å². The van der Waals surface area contributed by atoms with Gasteiger partial charge in [-0.05, 0) is 32.9 Å². The number of nitrogens with zero attached hydrogens (tertiary/aromatic N) is 2. The second-order valence-corrected chi connectivity index (χ2v) is 6.27. The summed E-state index contributed by atoms with van der Waals surface area (Å²) in [4.78, 5) is 27.9. The summed E-state index contributed by atoms with van der Waals surface area (Å²) >= 11 is 1.49. The number of aromatic nitrogens is 1. The Kier molecular flexibility index (Phi) is 5.28. The third-order valence-electron chi connectivity index (χ3n) is 3.16. The maximum absolute atomic E-state index is 12.0. The molecule has 0 aliphatic rings. The molecule has 0 spiro atoms. The van der Waals surface area contributed by atoms with Crippen molar-refractivity contribution in [1.82, 2.24) is 10.3 Å². The van der Waals surface area contributed by atoms with E-state index in [4.69, 9.17) is 0 Å². The lowest BCUT2D eigenvalue weighted by Gasteiger charge is -2.10. The lowest BCUT2D eigenvalue weighted by atomic mass is 10.1. The molecule has 1 amide bonds. The Hall–Kier alpha value is -2.48. The molecule has 2 aromatic rings. The minimum absolute atomic E-state index is 0.0336. The van der Waals surface area contributed by atoms with Crippen molar-refractivity contribution >= 4 is 28.6 Å². The molecule has 0 unspecified atom stereocenters. The van der Waals surface area contributed by atoms with Crippen LogP contribution in [0.4, 0.5) is 11.4 Å². The molecular formula is C15H18N4O3S. The van der Waals surface area contributed by atoms with Gasteiger partial charge < -0.3 is 10.6 Å². The van der Waals surface area contributed by atoms with Crippen LogP contribution in [0.15, 0.2) is 23.7 Å². The van der Waals surface area contributed by atoms with E-state index in [1.54, 1.807) is 17.6 Å². The van der Waals surface area contributed by atoms with Crippen molar-refractivity contribution in [3.05, 3.63) is 50.0 Å². The summed E-state index contributed by atoms with van der Waals surface area (Å²) in [5, 5.41) is 17.0. The Morgan fingerprint density at radius 3 is 2.74 bits per heavy atom. The van der Waals surface area contributed by atoms with Gasteiger partial charge in [0.25, 0.3) is 11.6 Å². The van der Waals surface area contributed by atoms with Crippen molar-refractivity contribution in [3.63, 3.8) is 0 Å². The third-order valence-corrected chi connectivity index (χ3v) is 4.10. The standard InChI is InChI=1S/C15H18N4O3S/c1-9(2)18-15(20)11-4-5-12(13(6-11)19(21)22)16-7-14-10(3)17-8-23-14/h4-6,8-9,16H,7H2,1-3H3,(H,18,20). The van der Waals surface area contributed by atoms with Gasteiger partial charge in [-0.1, -0.05) is 0 Å². The number of carbonyl (C=O) groups is 1. The molecule has 8 heteroatoms. The highest BCUT2D eigenvalue weighted by molar-refractivity contribution is 7.09. The molecule has 0 aliphatic carbocycles. The van der Waals surface area contributed by atoms with E-state index in [-0.39, 0.29) is 23.2 Å². The quantitative estimate of drug-likeness (QED) is 0.625. The number of hydrogen-bond acceptors (Lipinski definition) is 6. The van der Waals surface area contributed by atoms with Crippen LogP contribution < -0.4 is 10.6 Å². The van der Waals surface area contributed by atoms with Gasteiger partial charge in [0.1, 0.15) is 5.69 Å². The number of thiazole rings is 1. The van der Waals surface area contributed by atoms with Gasteiger partial charge >= 0.3 is 0 Å². The molecule has 1 aromatic heterocycles. The van der Waals surface area contributed by atoms with E-state index in [9.17, 15) is 14.9 Å². The first-order chi connectivity index (χ1) is 10.9. The molecular weight excluding hydrogens is 316 g/mol. The molecule has 7 nitrogen and oxygen atoms in total. The Labute approximate surface area is 137 Å². The van der Waals surface area contributed by atoms with Crippen molar-refractivity contribution in [2.75, 3.05) is 5.32 Å². The molecule has 0 aliphatic heterocycles. The van der Waals surface area contributed by atoms with Gasteiger partial charge in [0, 0.05) is 22.5 Å². The molecule has 2 N–H and O–H groups in total. The van der Waals surface area contributed by atoms with Crippen LogP contribution in [-0.2, 0) is 6.54 Å². The fourth-order valence-electron chi connectivity index (χ4n) is 1.99. The normalized spacial score (nSPS) is 10.6. The van der Waals surface area contributed by atoms with Gasteiger partial charge in [-0.25, -0.2) is 4.98 Å². The first kappa shape index (κ1) is 16.9. The SMILES string of the molecule is Cc1ncsc1CNc1ccc(C(=O)NC(C)C)cc1[N+](=O)[O-]. The number of rotatable bonds is 6. The molecule has 122 valence electrons. The summed E-state index contributed by atoms with van der Waals surface area (Å²) < 4.78 is 0. The van der Waals surface area contributed by atoms with Crippen LogP contribution in [0.3, 0.4) is 0 Å². The number of carbonyl (C=O) groups excluding carboxylic acids is 1. The first-order valence-corrected chi connectivity index (χ1v) is 7.98. The maximum Gasteiger partial charge on any atom is 0.293 e. The minimum atomic E-state index is -0.492. The molecule has 23 heavy (non-hydrogen) atoms. The van der Waals surface area contributed by atoms with Crippen molar-refractivity contribution in [2.24, 2.45) is 0 Å². The summed E-state index contributed by atoms with van der Waals surface area (Å²) in [5.41, 5.74) is 3.16. The lowest BCUT2D eigenvalue weighted by molar-refractivity contribution is -0.384. The number of nitro groups is 1. The summed E-state index contributed by atoms with van der Waals surface area (Å²) in [6.07, 6.45) is 0. The average molecular weight is 334 g/mol. The van der Waals surface area contributed by atoms with Gasteiger partial charge in [-0.15, -0.1) is 11.3 Å². The monoisotopic (exact) mass is 334 g/mol. The molecule has 1 aromatic carbocycles. The Balaban J connectivity index is 2.21. The minimum Gasteiger partial charge on any atom is -0.375 e. The Morgan fingerprint density at radius 1 is 1.43 bits per heavy atom. The Morgan fingerprint density at radius 2 is 2.17 bits per heavy atom. The van der Waals surface area contributed by atoms with Crippen LogP contribution in [0.1, 0.15) is 34.8 Å². The number of nitrogens with one attached hydrogen (secondary N) is 2. The number of nitro benzene ring substituents is 1. The van der Waals surface area contributed by atoms with Crippen molar-refractivity contribution in [2.45, 2.75) is 33.4 Å². The number of amides is 1. The van der Waals surface area contributed by atoms with Crippen LogP contribution in [-0.4, -0.2) is 21.9 Å². The molecule has 0 saturated heterocycles. The van der Waals surface area contributed by atoms with Gasteiger partial charge in [0.15, 0.2) is 0 Å². The second kappa shape index (κ2) is 7.19. The molecule has 0 fully saturated rings. The molecule has 0 atom stereocenters. The predicted octanol–water partition coefficient (Wildman–Crippen LogP) is 3.11. The average Bonchev–Trinajstić information content (AvgIpc) is 2.89. The highest BCUT2D eigenvalue weighted by Crippen LogP contribution is 2.27. The molecule has 1 heterocycles. The van der Waals surface area contributed by atoms with Crippen molar-refractivity contribution in [1.29, 1.82) is 0 Å². The van der Waals surface area contributed by atoms with E-state index in [1.807, 2.05) is 20.8 Å². The van der Waals surface area contributed by atoms with E-state index >= 15 is 0 Å². The van der Waals surface area contributed by atoms with E-state index in [1.165, 1.54) is 17.4 Å². The molecule has 0 bridgehead atoms. The number of anilines is 1. The summed E-state index contributed by atoms with van der Waals surface area (Å²) in [6.45, 7) is 6.01. The topological polar surface area (TPSA) is 97.2 Å².